The predicted molar refractivity (Wildman–Crippen MR) is 120 cm³/mol. The monoisotopic (exact) mass is 464 g/mol. The van der Waals surface area contributed by atoms with Crippen molar-refractivity contribution in [3.05, 3.63) is 88.0 Å². The normalized spacial score (nSPS) is 11.2. The molecule has 0 aliphatic heterocycles. The first-order valence-corrected chi connectivity index (χ1v) is 11.2. The third-order valence-corrected chi connectivity index (χ3v) is 5.82. The van der Waals surface area contributed by atoms with Crippen LogP contribution in [0.5, 0.6) is 0 Å². The van der Waals surface area contributed by atoms with Crippen molar-refractivity contribution in [2.45, 2.75) is 58.3 Å². The quantitative estimate of drug-likeness (QED) is 0.208. The van der Waals surface area contributed by atoms with Crippen LogP contribution >= 0.6 is 0 Å². The molecule has 0 fully saturated rings. The van der Waals surface area contributed by atoms with Gasteiger partial charge in [-0.05, 0) is 60.4 Å². The number of hydrogen-bond acceptors (Lipinski definition) is 0. The van der Waals surface area contributed by atoms with Crippen molar-refractivity contribution >= 4 is 16.8 Å². The average molecular weight is 464 g/mol. The van der Waals surface area contributed by atoms with Crippen LogP contribution in [0.2, 0.25) is 0 Å². The molecule has 0 atom stereocenters. The van der Waals surface area contributed by atoms with E-state index >= 15 is 0 Å². The molecule has 33 heavy (non-hydrogen) atoms. The van der Waals surface area contributed by atoms with E-state index in [9.17, 15) is 26.3 Å². The van der Waals surface area contributed by atoms with Crippen LogP contribution in [0.15, 0.2) is 42.5 Å². The standard InChI is InChI=1S/C27H26F6/c1-2-3-4-5-6-7-18-13-23(28)21(24(29)14-18)11-9-17-8-10-20-19(12-17)15-25(30)22(27(20)33)16-26(31)32/h8,10,12-16H,2-7,9,11H2,1H3. The molecule has 6 heteroatoms. The minimum absolute atomic E-state index is 0.00620. The van der Waals surface area contributed by atoms with E-state index in [4.69, 9.17) is 0 Å². The molecular weight excluding hydrogens is 438 g/mol. The van der Waals surface area contributed by atoms with Gasteiger partial charge in [0.25, 0.3) is 6.08 Å². The van der Waals surface area contributed by atoms with E-state index < -0.39 is 34.9 Å². The first-order chi connectivity index (χ1) is 15.8. The Kier molecular flexibility index (Phi) is 8.59. The van der Waals surface area contributed by atoms with E-state index in [1.54, 1.807) is 6.07 Å². The second-order valence-electron chi connectivity index (χ2n) is 8.28. The van der Waals surface area contributed by atoms with E-state index in [2.05, 4.69) is 6.92 Å². The zero-order chi connectivity index (χ0) is 24.0. The van der Waals surface area contributed by atoms with Crippen LogP contribution in [0, 0.1) is 23.3 Å². The molecule has 0 saturated carbocycles. The second kappa shape index (κ2) is 11.4. The number of rotatable bonds is 10. The van der Waals surface area contributed by atoms with E-state index in [0.29, 0.717) is 17.5 Å². The summed E-state index contributed by atoms with van der Waals surface area (Å²) in [5.41, 5.74) is 0.433. The highest BCUT2D eigenvalue weighted by molar-refractivity contribution is 5.86. The molecule has 0 radical (unpaired) electrons. The number of aryl methyl sites for hydroxylation is 2. The molecule has 0 saturated heterocycles. The Bertz CT molecular complexity index is 1120. The summed E-state index contributed by atoms with van der Waals surface area (Å²) in [5, 5.41) is 0.187. The highest BCUT2D eigenvalue weighted by Crippen LogP contribution is 2.28. The molecule has 0 aliphatic carbocycles. The molecule has 0 heterocycles. The zero-order valence-electron chi connectivity index (χ0n) is 18.5. The minimum atomic E-state index is -2.20. The number of unbranched alkanes of at least 4 members (excludes halogenated alkanes) is 4. The summed E-state index contributed by atoms with van der Waals surface area (Å²) >= 11 is 0. The fourth-order valence-corrected chi connectivity index (χ4v) is 4.03. The third kappa shape index (κ3) is 6.40. The van der Waals surface area contributed by atoms with Crippen molar-refractivity contribution in [3.63, 3.8) is 0 Å². The van der Waals surface area contributed by atoms with Gasteiger partial charge in [-0.3, -0.25) is 0 Å². The molecule has 0 bridgehead atoms. The van der Waals surface area contributed by atoms with Gasteiger partial charge in [-0.1, -0.05) is 50.8 Å². The maximum absolute atomic E-state index is 14.5. The molecule has 3 rings (SSSR count). The lowest BCUT2D eigenvalue weighted by Gasteiger charge is -2.10. The van der Waals surface area contributed by atoms with E-state index in [0.717, 1.165) is 38.2 Å². The number of benzene rings is 3. The summed E-state index contributed by atoms with van der Waals surface area (Å²) in [6.45, 7) is 2.13. The lowest BCUT2D eigenvalue weighted by molar-refractivity contribution is 0.428. The molecule has 0 amide bonds. The Hall–Kier alpha value is -2.76. The Morgan fingerprint density at radius 3 is 2.09 bits per heavy atom. The summed E-state index contributed by atoms with van der Waals surface area (Å²) in [5.74, 6) is -3.37. The molecule has 0 aromatic heterocycles. The van der Waals surface area contributed by atoms with Gasteiger partial charge in [0.05, 0.1) is 5.56 Å². The van der Waals surface area contributed by atoms with Crippen molar-refractivity contribution in [1.82, 2.24) is 0 Å². The molecule has 0 spiro atoms. The van der Waals surface area contributed by atoms with Crippen LogP contribution in [0.1, 0.15) is 61.3 Å². The topological polar surface area (TPSA) is 0 Å². The lowest BCUT2D eigenvalue weighted by atomic mass is 9.97. The molecule has 0 nitrogen and oxygen atoms in total. The van der Waals surface area contributed by atoms with Gasteiger partial charge in [0.2, 0.25) is 0 Å². The maximum Gasteiger partial charge on any atom is 0.271 e. The Labute approximate surface area is 189 Å². The fourth-order valence-electron chi connectivity index (χ4n) is 4.03. The van der Waals surface area contributed by atoms with Crippen LogP contribution in [-0.4, -0.2) is 0 Å². The van der Waals surface area contributed by atoms with E-state index in [1.165, 1.54) is 24.3 Å². The summed E-state index contributed by atoms with van der Waals surface area (Å²) in [6, 6.07) is 8.14. The Balaban J connectivity index is 1.72. The molecule has 0 N–H and O–H groups in total. The van der Waals surface area contributed by atoms with Gasteiger partial charge in [0.1, 0.15) is 23.3 Å². The van der Waals surface area contributed by atoms with Crippen molar-refractivity contribution in [2.75, 3.05) is 0 Å². The number of fused-ring (bicyclic) bond motifs is 1. The van der Waals surface area contributed by atoms with Crippen LogP contribution < -0.4 is 0 Å². The average Bonchev–Trinajstić information content (AvgIpc) is 2.75. The molecule has 3 aromatic rings. The highest BCUT2D eigenvalue weighted by atomic mass is 19.3. The zero-order valence-corrected chi connectivity index (χ0v) is 18.5. The molecule has 176 valence electrons. The highest BCUT2D eigenvalue weighted by Gasteiger charge is 2.15. The van der Waals surface area contributed by atoms with Crippen molar-refractivity contribution < 1.29 is 26.3 Å². The summed E-state index contributed by atoms with van der Waals surface area (Å²) < 4.78 is 82.6. The van der Waals surface area contributed by atoms with Gasteiger partial charge < -0.3 is 0 Å². The smallest absolute Gasteiger partial charge is 0.207 e. The van der Waals surface area contributed by atoms with Crippen molar-refractivity contribution in [1.29, 1.82) is 0 Å². The van der Waals surface area contributed by atoms with Crippen molar-refractivity contribution in [2.24, 2.45) is 0 Å². The van der Waals surface area contributed by atoms with Gasteiger partial charge in [0, 0.05) is 17.0 Å². The predicted octanol–water partition coefficient (Wildman–Crippen LogP) is 8.93. The Morgan fingerprint density at radius 2 is 1.42 bits per heavy atom. The molecule has 0 unspecified atom stereocenters. The molecular formula is C27H26F6. The van der Waals surface area contributed by atoms with Crippen LogP contribution in [0.4, 0.5) is 26.3 Å². The van der Waals surface area contributed by atoms with Gasteiger partial charge in [-0.15, -0.1) is 0 Å². The van der Waals surface area contributed by atoms with Crippen LogP contribution in [-0.2, 0) is 19.3 Å². The SMILES string of the molecule is CCCCCCCc1cc(F)c(CCc2ccc3c(F)c(C=C(F)F)c(F)cc3c2)c(F)c1. The second-order valence-corrected chi connectivity index (χ2v) is 8.28. The van der Waals surface area contributed by atoms with Gasteiger partial charge in [0.15, 0.2) is 0 Å². The number of halogens is 6. The van der Waals surface area contributed by atoms with Crippen LogP contribution in [0.3, 0.4) is 0 Å². The van der Waals surface area contributed by atoms with Crippen LogP contribution in [0.25, 0.3) is 16.8 Å². The summed E-state index contributed by atoms with van der Waals surface area (Å²) in [6.07, 6.45) is 4.24. The van der Waals surface area contributed by atoms with E-state index in [1.807, 2.05) is 0 Å². The van der Waals surface area contributed by atoms with Crippen molar-refractivity contribution in [3.8, 4) is 0 Å². The first kappa shape index (κ1) is 24.9. The lowest BCUT2D eigenvalue weighted by Crippen LogP contribution is -2.01. The first-order valence-electron chi connectivity index (χ1n) is 11.2. The van der Waals surface area contributed by atoms with Gasteiger partial charge >= 0.3 is 0 Å². The van der Waals surface area contributed by atoms with Gasteiger partial charge in [-0.2, -0.15) is 8.78 Å². The minimum Gasteiger partial charge on any atom is -0.207 e. The fraction of sp³-hybridized carbons (Fsp3) is 0.333. The summed E-state index contributed by atoms with van der Waals surface area (Å²) in [4.78, 5) is 0. The molecule has 0 aliphatic rings. The number of hydrogen-bond donors (Lipinski definition) is 0. The summed E-state index contributed by atoms with van der Waals surface area (Å²) in [7, 11) is 0. The maximum atomic E-state index is 14.5. The largest absolute Gasteiger partial charge is 0.271 e. The molecule has 3 aromatic carbocycles. The van der Waals surface area contributed by atoms with Gasteiger partial charge in [-0.25, -0.2) is 17.6 Å². The Morgan fingerprint density at radius 1 is 0.727 bits per heavy atom. The van der Waals surface area contributed by atoms with E-state index in [-0.39, 0.29) is 35.3 Å². The third-order valence-electron chi connectivity index (χ3n) is 5.82.